The van der Waals surface area contributed by atoms with Gasteiger partial charge in [-0.2, -0.15) is 0 Å². The summed E-state index contributed by atoms with van der Waals surface area (Å²) in [6.07, 6.45) is 2.72. The van der Waals surface area contributed by atoms with Gasteiger partial charge < -0.3 is 20.5 Å². The van der Waals surface area contributed by atoms with Gasteiger partial charge in [-0.3, -0.25) is 9.89 Å². The quantitative estimate of drug-likeness (QED) is 0.368. The molecule has 0 saturated carbocycles. The Morgan fingerprint density at radius 2 is 1.97 bits per heavy atom. The van der Waals surface area contributed by atoms with Crippen molar-refractivity contribution in [1.29, 1.82) is 0 Å². The van der Waals surface area contributed by atoms with Crippen LogP contribution in [-0.4, -0.2) is 74.6 Å². The Morgan fingerprint density at radius 3 is 2.55 bits per heavy atom. The number of ether oxygens (including phenoxy) is 1. The number of aliphatic imine (C=N–C) groups is 1. The molecule has 0 bridgehead atoms. The molecule has 29 heavy (non-hydrogen) atoms. The van der Waals surface area contributed by atoms with Gasteiger partial charge in [-0.05, 0) is 44.8 Å². The fourth-order valence-electron chi connectivity index (χ4n) is 4.05. The first-order valence-electron chi connectivity index (χ1n) is 11.1. The van der Waals surface area contributed by atoms with Crippen LogP contribution in [0.1, 0.15) is 39.2 Å². The van der Waals surface area contributed by atoms with Crippen LogP contribution in [0, 0.1) is 5.41 Å². The topological polar surface area (TPSA) is 69.1 Å². The van der Waals surface area contributed by atoms with Gasteiger partial charge in [0.1, 0.15) is 0 Å². The molecule has 3 N–H and O–H groups in total. The highest BCUT2D eigenvalue weighted by Crippen LogP contribution is 2.32. The van der Waals surface area contributed by atoms with Crippen molar-refractivity contribution in [2.75, 3.05) is 52.5 Å². The Hall–Kier alpha value is -1.63. The van der Waals surface area contributed by atoms with Gasteiger partial charge in [0.15, 0.2) is 5.96 Å². The van der Waals surface area contributed by atoms with Crippen molar-refractivity contribution in [3.63, 3.8) is 0 Å². The molecule has 6 nitrogen and oxygen atoms in total. The standard InChI is InChI=1S/C23H40N4O2/c1-4-24-22(26-18-23(12-14-28)13-15-29-19-23)25-17-21(27(5-2)6-3)16-20-10-8-7-9-11-20/h7-11,21,28H,4-6,12-19H2,1-3H3,(H2,24,25,26). The second-order valence-electron chi connectivity index (χ2n) is 7.92. The molecule has 1 aromatic carbocycles. The normalized spacial score (nSPS) is 20.8. The Bertz CT molecular complexity index is 584. The van der Waals surface area contributed by atoms with Crippen LogP contribution >= 0.6 is 0 Å². The van der Waals surface area contributed by atoms with Gasteiger partial charge in [0.25, 0.3) is 0 Å². The van der Waals surface area contributed by atoms with E-state index < -0.39 is 0 Å². The minimum Gasteiger partial charge on any atom is -0.396 e. The molecule has 1 aliphatic rings. The highest BCUT2D eigenvalue weighted by molar-refractivity contribution is 5.79. The van der Waals surface area contributed by atoms with Gasteiger partial charge in [-0.15, -0.1) is 0 Å². The lowest BCUT2D eigenvalue weighted by Gasteiger charge is -2.31. The molecule has 0 aromatic heterocycles. The van der Waals surface area contributed by atoms with Gasteiger partial charge >= 0.3 is 0 Å². The molecule has 1 saturated heterocycles. The predicted octanol–water partition coefficient (Wildman–Crippen LogP) is 2.28. The number of hydrogen-bond acceptors (Lipinski definition) is 4. The fraction of sp³-hybridized carbons (Fsp3) is 0.696. The second-order valence-corrected chi connectivity index (χ2v) is 7.92. The summed E-state index contributed by atoms with van der Waals surface area (Å²) in [4.78, 5) is 7.36. The van der Waals surface area contributed by atoms with Gasteiger partial charge in [-0.25, -0.2) is 0 Å². The summed E-state index contributed by atoms with van der Waals surface area (Å²) in [5.74, 6) is 0.849. The third-order valence-corrected chi connectivity index (χ3v) is 5.89. The third kappa shape index (κ3) is 7.61. The summed E-state index contributed by atoms with van der Waals surface area (Å²) >= 11 is 0. The van der Waals surface area contributed by atoms with Crippen LogP contribution in [0.2, 0.25) is 0 Å². The first-order valence-corrected chi connectivity index (χ1v) is 11.1. The smallest absolute Gasteiger partial charge is 0.191 e. The second kappa shape index (κ2) is 12.8. The van der Waals surface area contributed by atoms with E-state index in [9.17, 15) is 5.11 Å². The molecule has 6 heteroatoms. The van der Waals surface area contributed by atoms with Crippen LogP contribution < -0.4 is 10.6 Å². The largest absolute Gasteiger partial charge is 0.396 e. The minimum atomic E-state index is -0.0284. The first kappa shape index (κ1) is 23.6. The number of likely N-dealkylation sites (N-methyl/N-ethyl adjacent to an activating group) is 1. The molecule has 0 amide bonds. The Kier molecular flexibility index (Phi) is 10.5. The summed E-state index contributed by atoms with van der Waals surface area (Å²) in [5.41, 5.74) is 1.33. The first-order chi connectivity index (χ1) is 14.2. The summed E-state index contributed by atoms with van der Waals surface area (Å²) in [6.45, 7) is 12.6. The van der Waals surface area contributed by atoms with Crippen molar-refractivity contribution in [2.24, 2.45) is 10.4 Å². The Morgan fingerprint density at radius 1 is 1.21 bits per heavy atom. The average molecular weight is 405 g/mol. The molecule has 0 spiro atoms. The number of guanidine groups is 1. The van der Waals surface area contributed by atoms with Crippen LogP contribution in [0.5, 0.6) is 0 Å². The SMILES string of the molecule is CCNC(=NCC1(CCO)CCOC1)NCC(Cc1ccccc1)N(CC)CC. The molecule has 164 valence electrons. The molecule has 1 fully saturated rings. The van der Waals surface area contributed by atoms with Gasteiger partial charge in [0.2, 0.25) is 0 Å². The summed E-state index contributed by atoms with van der Waals surface area (Å²) in [5, 5.41) is 16.4. The molecular formula is C23H40N4O2. The van der Waals surface area contributed by atoms with Gasteiger partial charge in [0, 0.05) is 37.8 Å². The van der Waals surface area contributed by atoms with E-state index in [1.54, 1.807) is 0 Å². The van der Waals surface area contributed by atoms with E-state index in [2.05, 4.69) is 66.6 Å². The molecule has 2 atom stereocenters. The van der Waals surface area contributed by atoms with Crippen molar-refractivity contribution in [1.82, 2.24) is 15.5 Å². The van der Waals surface area contributed by atoms with Crippen LogP contribution in [0.15, 0.2) is 35.3 Å². The highest BCUT2D eigenvalue weighted by Gasteiger charge is 2.34. The number of hydrogen-bond donors (Lipinski definition) is 3. The van der Waals surface area contributed by atoms with Gasteiger partial charge in [0.05, 0.1) is 13.2 Å². The number of aliphatic hydroxyl groups is 1. The van der Waals surface area contributed by atoms with E-state index in [0.717, 1.165) is 58.0 Å². The lowest BCUT2D eigenvalue weighted by molar-refractivity contribution is 0.131. The van der Waals surface area contributed by atoms with E-state index in [4.69, 9.17) is 9.73 Å². The zero-order valence-corrected chi connectivity index (χ0v) is 18.5. The van der Waals surface area contributed by atoms with Crippen LogP contribution in [-0.2, 0) is 11.2 Å². The van der Waals surface area contributed by atoms with Crippen LogP contribution in [0.4, 0.5) is 0 Å². The van der Waals surface area contributed by atoms with Crippen molar-refractivity contribution in [3.8, 4) is 0 Å². The Labute approximate surface area is 176 Å². The minimum absolute atomic E-state index is 0.0284. The molecule has 0 radical (unpaired) electrons. The van der Waals surface area contributed by atoms with Crippen molar-refractivity contribution in [2.45, 2.75) is 46.1 Å². The molecule has 1 aromatic rings. The molecule has 0 aliphatic carbocycles. The number of nitrogens with zero attached hydrogens (tertiary/aromatic N) is 2. The van der Waals surface area contributed by atoms with Crippen molar-refractivity contribution >= 4 is 5.96 Å². The zero-order chi connectivity index (χ0) is 21.0. The number of rotatable bonds is 12. The van der Waals surface area contributed by atoms with Crippen LogP contribution in [0.25, 0.3) is 0 Å². The van der Waals surface area contributed by atoms with E-state index in [0.29, 0.717) is 19.2 Å². The maximum absolute atomic E-state index is 9.45. The third-order valence-electron chi connectivity index (χ3n) is 5.89. The molecular weight excluding hydrogens is 364 g/mol. The molecule has 1 aliphatic heterocycles. The average Bonchev–Trinajstić information content (AvgIpc) is 3.20. The lowest BCUT2D eigenvalue weighted by Crippen LogP contribution is -2.48. The number of nitrogens with one attached hydrogen (secondary N) is 2. The lowest BCUT2D eigenvalue weighted by atomic mass is 9.84. The fourth-order valence-corrected chi connectivity index (χ4v) is 4.05. The van der Waals surface area contributed by atoms with Crippen molar-refractivity contribution < 1.29 is 9.84 Å². The number of benzene rings is 1. The monoisotopic (exact) mass is 404 g/mol. The van der Waals surface area contributed by atoms with Gasteiger partial charge in [-0.1, -0.05) is 44.2 Å². The predicted molar refractivity (Wildman–Crippen MR) is 120 cm³/mol. The van der Waals surface area contributed by atoms with E-state index in [1.807, 2.05) is 0 Å². The molecule has 1 heterocycles. The van der Waals surface area contributed by atoms with Crippen molar-refractivity contribution in [3.05, 3.63) is 35.9 Å². The summed E-state index contributed by atoms with van der Waals surface area (Å²) in [6, 6.07) is 11.1. The van der Waals surface area contributed by atoms with E-state index in [-0.39, 0.29) is 12.0 Å². The van der Waals surface area contributed by atoms with E-state index >= 15 is 0 Å². The summed E-state index contributed by atoms with van der Waals surface area (Å²) < 4.78 is 5.60. The maximum atomic E-state index is 9.45. The zero-order valence-electron chi connectivity index (χ0n) is 18.5. The molecule has 2 rings (SSSR count). The summed E-state index contributed by atoms with van der Waals surface area (Å²) in [7, 11) is 0. The number of aliphatic hydroxyl groups excluding tert-OH is 1. The Balaban J connectivity index is 2.03. The molecule has 2 unspecified atom stereocenters. The highest BCUT2D eigenvalue weighted by atomic mass is 16.5. The van der Waals surface area contributed by atoms with E-state index in [1.165, 1.54) is 5.56 Å². The van der Waals surface area contributed by atoms with Crippen LogP contribution in [0.3, 0.4) is 0 Å². The maximum Gasteiger partial charge on any atom is 0.191 e.